The lowest BCUT2D eigenvalue weighted by atomic mass is 10.1. The number of urea groups is 1. The fourth-order valence-electron chi connectivity index (χ4n) is 3.39. The molecule has 0 radical (unpaired) electrons. The second-order valence-corrected chi connectivity index (χ2v) is 6.87. The van der Waals surface area contributed by atoms with Crippen LogP contribution in [0, 0.1) is 0 Å². The van der Waals surface area contributed by atoms with Gasteiger partial charge < -0.3 is 19.9 Å². The molecule has 0 bridgehead atoms. The highest BCUT2D eigenvalue weighted by Crippen LogP contribution is 2.20. The Kier molecular flexibility index (Phi) is 5.38. The summed E-state index contributed by atoms with van der Waals surface area (Å²) in [6, 6.07) is 7.67. The Labute approximate surface area is 148 Å². The van der Waals surface area contributed by atoms with Crippen molar-refractivity contribution in [3.05, 3.63) is 48.0 Å². The number of hydrogen-bond donors (Lipinski definition) is 2. The molecule has 6 heteroatoms. The molecule has 1 aromatic heterocycles. The highest BCUT2D eigenvalue weighted by Gasteiger charge is 2.28. The van der Waals surface area contributed by atoms with Gasteiger partial charge in [-0.25, -0.2) is 9.78 Å². The van der Waals surface area contributed by atoms with E-state index in [4.69, 9.17) is 0 Å². The van der Waals surface area contributed by atoms with Gasteiger partial charge in [0.2, 0.25) is 0 Å². The van der Waals surface area contributed by atoms with Gasteiger partial charge in [-0.1, -0.05) is 26.0 Å². The van der Waals surface area contributed by atoms with E-state index in [1.165, 1.54) is 0 Å². The number of amides is 2. The van der Waals surface area contributed by atoms with E-state index >= 15 is 0 Å². The number of rotatable bonds is 5. The van der Waals surface area contributed by atoms with Crippen LogP contribution in [0.5, 0.6) is 0 Å². The van der Waals surface area contributed by atoms with Gasteiger partial charge in [0.1, 0.15) is 5.82 Å². The van der Waals surface area contributed by atoms with Crippen LogP contribution < -0.4 is 5.32 Å². The molecule has 25 heavy (non-hydrogen) atoms. The maximum atomic E-state index is 12.4. The normalized spacial score (nSPS) is 17.3. The number of benzene rings is 1. The minimum absolute atomic E-state index is 0.0199. The molecule has 3 rings (SSSR count). The van der Waals surface area contributed by atoms with E-state index in [1.807, 2.05) is 36.7 Å². The average molecular weight is 342 g/mol. The van der Waals surface area contributed by atoms with E-state index in [-0.39, 0.29) is 18.7 Å². The van der Waals surface area contributed by atoms with Crippen LogP contribution in [0.1, 0.15) is 44.0 Å². The van der Waals surface area contributed by atoms with E-state index in [0.717, 1.165) is 36.5 Å². The van der Waals surface area contributed by atoms with Crippen molar-refractivity contribution in [1.29, 1.82) is 0 Å². The molecule has 1 saturated heterocycles. The van der Waals surface area contributed by atoms with Crippen molar-refractivity contribution in [2.75, 3.05) is 18.5 Å². The van der Waals surface area contributed by atoms with Gasteiger partial charge in [-0.15, -0.1) is 0 Å². The highest BCUT2D eigenvalue weighted by molar-refractivity contribution is 5.89. The molecule has 1 aliphatic heterocycles. The maximum absolute atomic E-state index is 12.4. The third kappa shape index (κ3) is 4.02. The standard InChI is InChI=1S/C19H26N4O2/c1-14(2)18-20-8-10-22(18)12-15-5-3-6-16(11-15)21-19(25)23-9-4-7-17(23)13-24/h3,5-6,8,10-11,14,17,24H,4,7,9,12-13H2,1-2H3,(H,21,25)/t17-/m0/s1. The molecule has 0 aliphatic carbocycles. The number of carbonyl (C=O) groups is 1. The van der Waals surface area contributed by atoms with Gasteiger partial charge in [-0.05, 0) is 30.5 Å². The first-order valence-corrected chi connectivity index (χ1v) is 8.87. The number of aliphatic hydroxyl groups is 1. The molecular formula is C19H26N4O2. The predicted molar refractivity (Wildman–Crippen MR) is 97.7 cm³/mol. The summed E-state index contributed by atoms with van der Waals surface area (Å²) in [5, 5.41) is 12.3. The summed E-state index contributed by atoms with van der Waals surface area (Å²) in [6.45, 7) is 5.70. The number of hydrogen-bond acceptors (Lipinski definition) is 3. The molecule has 2 heterocycles. The number of nitrogens with one attached hydrogen (secondary N) is 1. The molecule has 6 nitrogen and oxygen atoms in total. The van der Waals surface area contributed by atoms with Crippen LogP contribution in [-0.4, -0.2) is 44.8 Å². The molecule has 2 N–H and O–H groups in total. The van der Waals surface area contributed by atoms with Crippen LogP contribution in [0.3, 0.4) is 0 Å². The molecule has 134 valence electrons. The number of nitrogens with zero attached hydrogens (tertiary/aromatic N) is 3. The van der Waals surface area contributed by atoms with E-state index in [1.54, 1.807) is 4.90 Å². The number of aliphatic hydroxyl groups excluding tert-OH is 1. The molecule has 2 aromatic rings. The predicted octanol–water partition coefficient (Wildman–Crippen LogP) is 3.04. The second-order valence-electron chi connectivity index (χ2n) is 6.87. The van der Waals surface area contributed by atoms with Crippen molar-refractivity contribution in [2.24, 2.45) is 0 Å². The number of aromatic nitrogens is 2. The van der Waals surface area contributed by atoms with Crippen molar-refractivity contribution >= 4 is 11.7 Å². The van der Waals surface area contributed by atoms with E-state index in [0.29, 0.717) is 12.5 Å². The summed E-state index contributed by atoms with van der Waals surface area (Å²) in [5.74, 6) is 1.42. The Bertz CT molecular complexity index is 726. The van der Waals surface area contributed by atoms with Crippen molar-refractivity contribution in [2.45, 2.75) is 45.2 Å². The molecule has 0 spiro atoms. The van der Waals surface area contributed by atoms with Gasteiger partial charge in [0.25, 0.3) is 0 Å². The Balaban J connectivity index is 1.69. The first kappa shape index (κ1) is 17.5. The van der Waals surface area contributed by atoms with Crippen LogP contribution >= 0.6 is 0 Å². The van der Waals surface area contributed by atoms with E-state index in [2.05, 4.69) is 28.7 Å². The molecule has 2 amide bonds. The summed E-state index contributed by atoms with van der Waals surface area (Å²) < 4.78 is 2.13. The molecular weight excluding hydrogens is 316 g/mol. The minimum atomic E-state index is -0.140. The Hall–Kier alpha value is -2.34. The molecule has 1 aliphatic rings. The van der Waals surface area contributed by atoms with Crippen LogP contribution in [0.25, 0.3) is 0 Å². The van der Waals surface area contributed by atoms with E-state index in [9.17, 15) is 9.90 Å². The number of carbonyl (C=O) groups excluding carboxylic acids is 1. The molecule has 1 aromatic carbocycles. The molecule has 1 atom stereocenters. The Morgan fingerprint density at radius 1 is 1.44 bits per heavy atom. The van der Waals surface area contributed by atoms with Gasteiger partial charge in [0, 0.05) is 37.1 Å². The van der Waals surface area contributed by atoms with Crippen molar-refractivity contribution < 1.29 is 9.90 Å². The highest BCUT2D eigenvalue weighted by atomic mass is 16.3. The number of anilines is 1. The average Bonchev–Trinajstić information content (AvgIpc) is 3.23. The first-order valence-electron chi connectivity index (χ1n) is 8.87. The zero-order valence-corrected chi connectivity index (χ0v) is 14.9. The van der Waals surface area contributed by atoms with Crippen LogP contribution in [0.15, 0.2) is 36.7 Å². The summed E-state index contributed by atoms with van der Waals surface area (Å²) >= 11 is 0. The summed E-state index contributed by atoms with van der Waals surface area (Å²) in [6.07, 6.45) is 5.61. The largest absolute Gasteiger partial charge is 0.394 e. The van der Waals surface area contributed by atoms with Gasteiger partial charge in [-0.2, -0.15) is 0 Å². The lowest BCUT2D eigenvalue weighted by Gasteiger charge is -2.23. The van der Waals surface area contributed by atoms with Crippen LogP contribution in [-0.2, 0) is 6.54 Å². The Morgan fingerprint density at radius 3 is 3.04 bits per heavy atom. The second kappa shape index (κ2) is 7.70. The van der Waals surface area contributed by atoms with Crippen molar-refractivity contribution in [3.8, 4) is 0 Å². The smallest absolute Gasteiger partial charge is 0.322 e. The number of likely N-dealkylation sites (tertiary alicyclic amines) is 1. The third-order valence-corrected chi connectivity index (χ3v) is 4.64. The maximum Gasteiger partial charge on any atom is 0.322 e. The summed E-state index contributed by atoms with van der Waals surface area (Å²) in [4.78, 5) is 18.6. The summed E-state index contributed by atoms with van der Waals surface area (Å²) in [5.41, 5.74) is 1.88. The Morgan fingerprint density at radius 2 is 2.28 bits per heavy atom. The first-order chi connectivity index (χ1) is 12.1. The van der Waals surface area contributed by atoms with Gasteiger partial charge in [-0.3, -0.25) is 0 Å². The van der Waals surface area contributed by atoms with Crippen LogP contribution in [0.2, 0.25) is 0 Å². The monoisotopic (exact) mass is 342 g/mol. The molecule has 1 fully saturated rings. The summed E-state index contributed by atoms with van der Waals surface area (Å²) in [7, 11) is 0. The molecule has 0 saturated carbocycles. The van der Waals surface area contributed by atoms with Gasteiger partial charge in [0.05, 0.1) is 12.6 Å². The lowest BCUT2D eigenvalue weighted by Crippen LogP contribution is -2.40. The number of imidazole rings is 1. The van der Waals surface area contributed by atoms with Crippen molar-refractivity contribution in [3.63, 3.8) is 0 Å². The fourth-order valence-corrected chi connectivity index (χ4v) is 3.39. The van der Waals surface area contributed by atoms with E-state index < -0.39 is 0 Å². The topological polar surface area (TPSA) is 70.4 Å². The molecule has 0 unspecified atom stereocenters. The zero-order chi connectivity index (χ0) is 17.8. The lowest BCUT2D eigenvalue weighted by molar-refractivity contribution is 0.166. The third-order valence-electron chi connectivity index (χ3n) is 4.64. The van der Waals surface area contributed by atoms with Gasteiger partial charge in [0.15, 0.2) is 0 Å². The fraction of sp³-hybridized carbons (Fsp3) is 0.474. The van der Waals surface area contributed by atoms with Crippen LogP contribution in [0.4, 0.5) is 10.5 Å². The quantitative estimate of drug-likeness (QED) is 0.877. The minimum Gasteiger partial charge on any atom is -0.394 e. The zero-order valence-electron chi connectivity index (χ0n) is 14.9. The SMILES string of the molecule is CC(C)c1nccn1Cc1cccc(NC(=O)N2CCC[C@H]2CO)c1. The van der Waals surface area contributed by atoms with Gasteiger partial charge >= 0.3 is 6.03 Å². The van der Waals surface area contributed by atoms with Crippen molar-refractivity contribution in [1.82, 2.24) is 14.5 Å².